The lowest BCUT2D eigenvalue weighted by Gasteiger charge is -2.08. The minimum atomic E-state index is 0.0274. The molecule has 4 aromatic rings. The smallest absolute Gasteiger partial charge is 0.195 e. The number of ether oxygens (including phenoxy) is 2. The largest absolute Gasteiger partial charge is 0.504 e. The first-order valence-electron chi connectivity index (χ1n) is 9.65. The zero-order valence-corrected chi connectivity index (χ0v) is 19.6. The molecule has 0 aliphatic heterocycles. The topological polar surface area (TPSA) is 109 Å². The number of phenolic OH excluding ortho intramolecular Hbond substituents is 1. The predicted octanol–water partition coefficient (Wildman–Crippen LogP) is 6.22. The van der Waals surface area contributed by atoms with E-state index in [1.165, 1.54) is 24.8 Å². The van der Waals surface area contributed by atoms with Crippen molar-refractivity contribution in [2.24, 2.45) is 10.2 Å². The standard InChI is InChI=1S/C22H19BrN4O4S/c1-3-31-15-7-5-4-6-13(15)20-19(29)17-21(32-20)22(25-11-24-17)27-26-10-12-8-14(23)18(28)16(9-12)30-2/h4-9,11,28-29H,3,10H2,1-2H3. The summed E-state index contributed by atoms with van der Waals surface area (Å²) in [5, 5.41) is 29.3. The van der Waals surface area contributed by atoms with Gasteiger partial charge >= 0.3 is 0 Å². The number of rotatable bonds is 7. The van der Waals surface area contributed by atoms with Crippen LogP contribution in [0.5, 0.6) is 23.0 Å². The Morgan fingerprint density at radius 2 is 1.91 bits per heavy atom. The van der Waals surface area contributed by atoms with Gasteiger partial charge in [-0.25, -0.2) is 9.97 Å². The second-order valence-electron chi connectivity index (χ2n) is 6.61. The molecule has 10 heteroatoms. The molecule has 0 amide bonds. The SMILES string of the molecule is CCOc1ccccc1-c1sc2c(N=NCc3cc(Br)c(O)c(OC)c3)ncnc2c1O. The Labute approximate surface area is 196 Å². The maximum absolute atomic E-state index is 10.8. The molecule has 2 heterocycles. The first-order chi connectivity index (χ1) is 15.5. The Hall–Kier alpha value is -3.24. The van der Waals surface area contributed by atoms with Crippen molar-refractivity contribution >= 4 is 43.3 Å². The van der Waals surface area contributed by atoms with E-state index in [9.17, 15) is 10.2 Å². The van der Waals surface area contributed by atoms with Gasteiger partial charge in [0, 0.05) is 5.56 Å². The number of hydrogen-bond acceptors (Lipinski definition) is 9. The molecule has 4 rings (SSSR count). The molecule has 0 spiro atoms. The van der Waals surface area contributed by atoms with Crippen LogP contribution in [-0.4, -0.2) is 33.9 Å². The van der Waals surface area contributed by atoms with Crippen LogP contribution in [0.1, 0.15) is 12.5 Å². The Kier molecular flexibility index (Phi) is 6.52. The van der Waals surface area contributed by atoms with Crippen molar-refractivity contribution in [1.82, 2.24) is 9.97 Å². The van der Waals surface area contributed by atoms with E-state index >= 15 is 0 Å². The second-order valence-corrected chi connectivity index (χ2v) is 8.49. The molecule has 2 aromatic heterocycles. The summed E-state index contributed by atoms with van der Waals surface area (Å²) in [5.74, 6) is 1.47. The number of aromatic hydroxyl groups is 2. The molecule has 0 unspecified atom stereocenters. The number of aromatic nitrogens is 2. The number of thiophene rings is 1. The summed E-state index contributed by atoms with van der Waals surface area (Å²) >= 11 is 4.63. The number of hydrogen-bond donors (Lipinski definition) is 2. The second kappa shape index (κ2) is 9.49. The van der Waals surface area contributed by atoms with E-state index in [0.717, 1.165) is 11.1 Å². The highest BCUT2D eigenvalue weighted by Gasteiger charge is 2.20. The van der Waals surface area contributed by atoms with Crippen LogP contribution < -0.4 is 9.47 Å². The summed E-state index contributed by atoms with van der Waals surface area (Å²) < 4.78 is 12.0. The van der Waals surface area contributed by atoms with Gasteiger partial charge in [0.2, 0.25) is 0 Å². The van der Waals surface area contributed by atoms with E-state index < -0.39 is 0 Å². The van der Waals surface area contributed by atoms with Gasteiger partial charge in [0.25, 0.3) is 0 Å². The molecule has 0 saturated carbocycles. The fourth-order valence-corrected chi connectivity index (χ4v) is 4.73. The van der Waals surface area contributed by atoms with Gasteiger partial charge in [0.05, 0.1) is 29.6 Å². The summed E-state index contributed by atoms with van der Waals surface area (Å²) in [6, 6.07) is 11.0. The highest BCUT2D eigenvalue weighted by atomic mass is 79.9. The van der Waals surface area contributed by atoms with E-state index in [1.807, 2.05) is 31.2 Å². The minimum Gasteiger partial charge on any atom is -0.504 e. The van der Waals surface area contributed by atoms with Crippen molar-refractivity contribution in [1.29, 1.82) is 0 Å². The molecule has 0 fully saturated rings. The number of para-hydroxylation sites is 1. The van der Waals surface area contributed by atoms with Crippen LogP contribution in [0.2, 0.25) is 0 Å². The van der Waals surface area contributed by atoms with Crippen LogP contribution in [0.25, 0.3) is 20.7 Å². The molecule has 32 heavy (non-hydrogen) atoms. The molecule has 2 N–H and O–H groups in total. The van der Waals surface area contributed by atoms with Crippen molar-refractivity contribution in [3.63, 3.8) is 0 Å². The van der Waals surface area contributed by atoms with E-state index in [-0.39, 0.29) is 18.0 Å². The normalized spacial score (nSPS) is 11.3. The van der Waals surface area contributed by atoms with Gasteiger partial charge in [0.1, 0.15) is 22.3 Å². The van der Waals surface area contributed by atoms with Crippen molar-refractivity contribution < 1.29 is 19.7 Å². The number of halogens is 1. The van der Waals surface area contributed by atoms with Crippen LogP contribution >= 0.6 is 27.3 Å². The molecule has 0 aliphatic rings. The van der Waals surface area contributed by atoms with E-state index in [4.69, 9.17) is 9.47 Å². The monoisotopic (exact) mass is 514 g/mol. The predicted molar refractivity (Wildman–Crippen MR) is 126 cm³/mol. The number of nitrogens with zero attached hydrogens (tertiary/aromatic N) is 4. The van der Waals surface area contributed by atoms with Crippen molar-refractivity contribution in [2.75, 3.05) is 13.7 Å². The molecule has 164 valence electrons. The Morgan fingerprint density at radius 3 is 2.69 bits per heavy atom. The van der Waals surface area contributed by atoms with Gasteiger partial charge in [-0.1, -0.05) is 12.1 Å². The molecule has 0 radical (unpaired) electrons. The van der Waals surface area contributed by atoms with E-state index in [2.05, 4.69) is 36.1 Å². The Morgan fingerprint density at radius 1 is 1.09 bits per heavy atom. The van der Waals surface area contributed by atoms with Crippen molar-refractivity contribution in [3.05, 3.63) is 52.8 Å². The number of methoxy groups -OCH3 is 1. The molecule has 8 nitrogen and oxygen atoms in total. The minimum absolute atomic E-state index is 0.0274. The highest BCUT2D eigenvalue weighted by molar-refractivity contribution is 9.10. The van der Waals surface area contributed by atoms with Crippen LogP contribution in [-0.2, 0) is 6.54 Å². The summed E-state index contributed by atoms with van der Waals surface area (Å²) in [5.41, 5.74) is 1.98. The molecule has 0 bridgehead atoms. The van der Waals surface area contributed by atoms with E-state index in [1.54, 1.807) is 12.1 Å². The highest BCUT2D eigenvalue weighted by Crippen LogP contribution is 2.47. The van der Waals surface area contributed by atoms with Crippen LogP contribution in [0, 0.1) is 0 Å². The lowest BCUT2D eigenvalue weighted by molar-refractivity contribution is 0.341. The van der Waals surface area contributed by atoms with Gasteiger partial charge in [0.15, 0.2) is 23.1 Å². The third kappa shape index (κ3) is 4.23. The lowest BCUT2D eigenvalue weighted by Crippen LogP contribution is -1.92. The first-order valence-corrected chi connectivity index (χ1v) is 11.3. The van der Waals surface area contributed by atoms with Crippen molar-refractivity contribution in [2.45, 2.75) is 13.5 Å². The van der Waals surface area contributed by atoms with Gasteiger partial charge in [-0.2, -0.15) is 5.11 Å². The number of azo groups is 1. The maximum Gasteiger partial charge on any atom is 0.195 e. The number of benzene rings is 2. The fourth-order valence-electron chi connectivity index (χ4n) is 3.13. The van der Waals surface area contributed by atoms with Gasteiger partial charge in [-0.05, 0) is 52.7 Å². The number of phenols is 1. The molecular weight excluding hydrogens is 496 g/mol. The van der Waals surface area contributed by atoms with Crippen LogP contribution in [0.4, 0.5) is 5.82 Å². The number of fused-ring (bicyclic) bond motifs is 1. The third-order valence-electron chi connectivity index (χ3n) is 4.59. The zero-order chi connectivity index (χ0) is 22.7. The maximum atomic E-state index is 10.8. The summed E-state index contributed by atoms with van der Waals surface area (Å²) in [4.78, 5) is 9.10. The summed E-state index contributed by atoms with van der Waals surface area (Å²) in [7, 11) is 1.48. The quantitative estimate of drug-likeness (QED) is 0.283. The average Bonchev–Trinajstić information content (AvgIpc) is 3.14. The molecule has 0 aliphatic carbocycles. The average molecular weight is 515 g/mol. The van der Waals surface area contributed by atoms with Crippen molar-refractivity contribution in [3.8, 4) is 33.4 Å². The molecule has 0 atom stereocenters. The fraction of sp³-hybridized carbons (Fsp3) is 0.182. The first kappa shape index (κ1) is 22.0. The van der Waals surface area contributed by atoms with Gasteiger partial charge in [-0.3, -0.25) is 0 Å². The zero-order valence-electron chi connectivity index (χ0n) is 17.2. The molecule has 0 saturated heterocycles. The van der Waals surface area contributed by atoms with Gasteiger partial charge < -0.3 is 19.7 Å². The van der Waals surface area contributed by atoms with Crippen LogP contribution in [0.15, 0.2) is 57.4 Å². The lowest BCUT2D eigenvalue weighted by atomic mass is 10.1. The Balaban J connectivity index is 1.68. The molecular formula is C22H19BrN4O4S. The molecule has 2 aromatic carbocycles. The van der Waals surface area contributed by atoms with E-state index in [0.29, 0.717) is 43.5 Å². The Bertz CT molecular complexity index is 1310. The summed E-state index contributed by atoms with van der Waals surface area (Å²) in [6.45, 7) is 2.67. The van der Waals surface area contributed by atoms with Crippen LogP contribution in [0.3, 0.4) is 0 Å². The third-order valence-corrected chi connectivity index (χ3v) is 6.39. The van der Waals surface area contributed by atoms with Gasteiger partial charge in [-0.15, -0.1) is 16.5 Å². The summed E-state index contributed by atoms with van der Waals surface area (Å²) in [6.07, 6.45) is 1.35.